The number of hydrogen-bond acceptors (Lipinski definition) is 3. The van der Waals surface area contributed by atoms with Gasteiger partial charge in [-0.05, 0) is 60.9 Å². The van der Waals surface area contributed by atoms with Crippen molar-refractivity contribution in [2.75, 3.05) is 32.8 Å². The minimum Gasteiger partial charge on any atom is -0.363 e. The fraction of sp³-hybridized carbons (Fsp3) is 0.423. The summed E-state index contributed by atoms with van der Waals surface area (Å²) in [5.41, 5.74) is 3.63. The van der Waals surface area contributed by atoms with E-state index >= 15 is 0 Å². The predicted molar refractivity (Wildman–Crippen MR) is 123 cm³/mol. The molecule has 31 heavy (non-hydrogen) atoms. The summed E-state index contributed by atoms with van der Waals surface area (Å²) < 4.78 is 6.20. The van der Waals surface area contributed by atoms with Gasteiger partial charge in [-0.1, -0.05) is 42.5 Å². The molecule has 2 aromatic carbocycles. The average Bonchev–Trinajstić information content (AvgIpc) is 3.18. The number of hydrogen-bond donors (Lipinski definition) is 1. The number of carbonyl (C=O) groups excluding carboxylic acids is 1. The Balaban J connectivity index is 1.20. The van der Waals surface area contributed by atoms with Gasteiger partial charge in [0, 0.05) is 37.9 Å². The van der Waals surface area contributed by atoms with Crippen molar-refractivity contribution in [1.29, 1.82) is 0 Å². The molecular weight excluding hydrogens is 386 g/mol. The number of ether oxygens (including phenoxy) is 1. The zero-order valence-corrected chi connectivity index (χ0v) is 18.1. The second-order valence-electron chi connectivity index (χ2n) is 9.05. The van der Waals surface area contributed by atoms with E-state index in [4.69, 9.17) is 4.74 Å². The highest BCUT2D eigenvalue weighted by atomic mass is 16.5. The summed E-state index contributed by atoms with van der Waals surface area (Å²) in [5, 5.41) is 1.26. The first-order valence-electron chi connectivity index (χ1n) is 11.4. The quantitative estimate of drug-likeness (QED) is 0.683. The van der Waals surface area contributed by atoms with Crippen LogP contribution in [0.3, 0.4) is 0 Å². The van der Waals surface area contributed by atoms with Crippen molar-refractivity contribution < 1.29 is 9.53 Å². The fourth-order valence-corrected chi connectivity index (χ4v) is 5.04. The summed E-state index contributed by atoms with van der Waals surface area (Å²) >= 11 is 0. The molecule has 0 bridgehead atoms. The molecule has 5 heteroatoms. The van der Waals surface area contributed by atoms with E-state index in [1.165, 1.54) is 22.0 Å². The molecule has 2 fully saturated rings. The molecule has 5 nitrogen and oxygen atoms in total. The molecule has 1 aromatic heterocycles. The molecule has 1 N–H and O–H groups in total. The summed E-state index contributed by atoms with van der Waals surface area (Å²) in [6.45, 7) is 4.75. The van der Waals surface area contributed by atoms with Gasteiger partial charge in [0.1, 0.15) is 6.61 Å². The van der Waals surface area contributed by atoms with Crippen molar-refractivity contribution in [3.63, 3.8) is 0 Å². The highest BCUT2D eigenvalue weighted by molar-refractivity contribution is 5.80. The third kappa shape index (κ3) is 4.68. The Morgan fingerprint density at radius 1 is 1.00 bits per heavy atom. The lowest BCUT2D eigenvalue weighted by Gasteiger charge is -2.42. The number of carbonyl (C=O) groups is 1. The smallest absolute Gasteiger partial charge is 0.248 e. The molecule has 1 unspecified atom stereocenters. The zero-order valence-electron chi connectivity index (χ0n) is 18.1. The molecule has 2 saturated heterocycles. The highest BCUT2D eigenvalue weighted by Gasteiger charge is 2.40. The van der Waals surface area contributed by atoms with E-state index in [1.807, 2.05) is 17.2 Å². The van der Waals surface area contributed by atoms with Gasteiger partial charge in [-0.25, -0.2) is 0 Å². The Bertz CT molecular complexity index is 1030. The van der Waals surface area contributed by atoms with Gasteiger partial charge in [0.25, 0.3) is 0 Å². The molecule has 1 atom stereocenters. The molecule has 0 aliphatic carbocycles. The fourth-order valence-electron chi connectivity index (χ4n) is 5.04. The monoisotopic (exact) mass is 417 g/mol. The predicted octanol–water partition coefficient (Wildman–Crippen LogP) is 3.99. The molecule has 2 aliphatic rings. The molecule has 162 valence electrons. The zero-order chi connectivity index (χ0) is 21.1. The average molecular weight is 418 g/mol. The summed E-state index contributed by atoms with van der Waals surface area (Å²) in [6.07, 6.45) is 6.00. The maximum atomic E-state index is 12.5. The van der Waals surface area contributed by atoms with E-state index in [-0.39, 0.29) is 18.1 Å². The Labute approximate surface area is 184 Å². The van der Waals surface area contributed by atoms with Crippen LogP contribution in [-0.4, -0.2) is 59.1 Å². The van der Waals surface area contributed by atoms with E-state index in [2.05, 4.69) is 58.4 Å². The number of nitrogens with zero attached hydrogens (tertiary/aromatic N) is 2. The number of aromatic amines is 1. The lowest BCUT2D eigenvalue weighted by Crippen LogP contribution is -2.55. The molecule has 3 aromatic rings. The SMILES string of the molecule is O=C1COC2(CCCN(Cc3ccc4cc[nH]c4c3)CC2)CN1CCc1ccccc1. The van der Waals surface area contributed by atoms with Gasteiger partial charge in [0.15, 0.2) is 0 Å². The van der Waals surface area contributed by atoms with Crippen molar-refractivity contribution in [2.24, 2.45) is 0 Å². The van der Waals surface area contributed by atoms with Gasteiger partial charge in [0.05, 0.1) is 5.60 Å². The van der Waals surface area contributed by atoms with Crippen molar-refractivity contribution in [1.82, 2.24) is 14.8 Å². The lowest BCUT2D eigenvalue weighted by atomic mass is 9.92. The molecule has 1 amide bonds. The van der Waals surface area contributed by atoms with Crippen LogP contribution >= 0.6 is 0 Å². The minimum absolute atomic E-state index is 0.127. The number of benzene rings is 2. The number of H-pyrrole nitrogens is 1. The third-order valence-corrected chi connectivity index (χ3v) is 6.86. The molecule has 1 spiro atoms. The number of fused-ring (bicyclic) bond motifs is 1. The number of rotatable bonds is 5. The Morgan fingerprint density at radius 2 is 1.90 bits per heavy atom. The normalized spacial score (nSPS) is 22.8. The van der Waals surface area contributed by atoms with Crippen LogP contribution < -0.4 is 0 Å². The standard InChI is InChI=1S/C26H31N3O2/c30-25-19-31-26(20-29(25)15-10-21-5-2-1-3-6-21)11-4-14-28(16-12-26)18-22-7-8-23-9-13-27-24(23)17-22/h1-3,5-9,13,17,27H,4,10-12,14-16,18-20H2. The second kappa shape index (κ2) is 8.85. The van der Waals surface area contributed by atoms with Crippen LogP contribution in [0, 0.1) is 0 Å². The van der Waals surface area contributed by atoms with Crippen molar-refractivity contribution >= 4 is 16.8 Å². The van der Waals surface area contributed by atoms with E-state index in [1.54, 1.807) is 0 Å². The summed E-state index contributed by atoms with van der Waals surface area (Å²) in [6, 6.07) is 19.2. The third-order valence-electron chi connectivity index (χ3n) is 6.86. The van der Waals surface area contributed by atoms with Gasteiger partial charge in [-0.2, -0.15) is 0 Å². The molecule has 3 heterocycles. The van der Waals surface area contributed by atoms with Crippen LogP contribution in [0.5, 0.6) is 0 Å². The van der Waals surface area contributed by atoms with Crippen molar-refractivity contribution in [2.45, 2.75) is 37.8 Å². The highest BCUT2D eigenvalue weighted by Crippen LogP contribution is 2.31. The minimum atomic E-state index is -0.192. The Morgan fingerprint density at radius 3 is 2.81 bits per heavy atom. The number of likely N-dealkylation sites (tertiary alicyclic amines) is 1. The van der Waals surface area contributed by atoms with Crippen molar-refractivity contribution in [3.05, 3.63) is 71.9 Å². The topological polar surface area (TPSA) is 48.6 Å². The Kier molecular flexibility index (Phi) is 5.79. The van der Waals surface area contributed by atoms with Crippen LogP contribution in [0.25, 0.3) is 10.9 Å². The van der Waals surface area contributed by atoms with E-state index < -0.39 is 0 Å². The maximum absolute atomic E-state index is 12.5. The van der Waals surface area contributed by atoms with Crippen LogP contribution in [0.15, 0.2) is 60.8 Å². The number of nitrogens with one attached hydrogen (secondary N) is 1. The first-order chi connectivity index (χ1) is 15.2. The molecule has 0 saturated carbocycles. The summed E-state index contributed by atoms with van der Waals surface area (Å²) in [5.74, 6) is 0.127. The van der Waals surface area contributed by atoms with Crippen LogP contribution in [0.1, 0.15) is 30.4 Å². The van der Waals surface area contributed by atoms with Crippen LogP contribution in [0.2, 0.25) is 0 Å². The van der Waals surface area contributed by atoms with Gasteiger partial charge < -0.3 is 14.6 Å². The molecule has 0 radical (unpaired) electrons. The molecular formula is C26H31N3O2. The first kappa shape index (κ1) is 20.3. The van der Waals surface area contributed by atoms with Gasteiger partial charge in [-0.15, -0.1) is 0 Å². The van der Waals surface area contributed by atoms with Crippen LogP contribution in [0.4, 0.5) is 0 Å². The second-order valence-corrected chi connectivity index (χ2v) is 9.05. The van der Waals surface area contributed by atoms with Gasteiger partial charge in [0.2, 0.25) is 5.91 Å². The maximum Gasteiger partial charge on any atom is 0.248 e. The number of morpholine rings is 1. The lowest BCUT2D eigenvalue weighted by molar-refractivity contribution is -0.165. The Hall–Kier alpha value is -2.63. The van der Waals surface area contributed by atoms with Crippen molar-refractivity contribution in [3.8, 4) is 0 Å². The van der Waals surface area contributed by atoms with Crippen LogP contribution in [-0.2, 0) is 22.5 Å². The van der Waals surface area contributed by atoms with E-state index in [0.29, 0.717) is 0 Å². The van der Waals surface area contributed by atoms with E-state index in [9.17, 15) is 4.79 Å². The number of aromatic nitrogens is 1. The van der Waals surface area contributed by atoms with Gasteiger partial charge >= 0.3 is 0 Å². The molecule has 5 rings (SSSR count). The van der Waals surface area contributed by atoms with E-state index in [0.717, 1.165) is 58.4 Å². The molecule has 2 aliphatic heterocycles. The largest absolute Gasteiger partial charge is 0.363 e. The summed E-state index contributed by atoms with van der Waals surface area (Å²) in [4.78, 5) is 20.4. The number of amides is 1. The van der Waals surface area contributed by atoms with Gasteiger partial charge in [-0.3, -0.25) is 9.69 Å². The first-order valence-corrected chi connectivity index (χ1v) is 11.4. The summed E-state index contributed by atoms with van der Waals surface area (Å²) in [7, 11) is 0.